The molecule has 16 heavy (non-hydrogen) atoms. The first-order valence-corrected chi connectivity index (χ1v) is 5.02. The molecule has 0 aliphatic heterocycles. The minimum Gasteiger partial charge on any atom is -0.398 e. The fraction of sp³-hybridized carbons (Fsp3) is 0.300. The number of rotatable bonds is 3. The molecule has 0 amide bonds. The van der Waals surface area contributed by atoms with E-state index in [-0.39, 0.29) is 6.04 Å². The molecule has 1 atom stereocenters. The van der Waals surface area contributed by atoms with E-state index in [2.05, 4.69) is 20.8 Å². The van der Waals surface area contributed by atoms with Crippen molar-refractivity contribution >= 4 is 11.6 Å². The van der Waals surface area contributed by atoms with E-state index in [1.807, 2.05) is 31.2 Å². The fourth-order valence-electron chi connectivity index (χ4n) is 1.53. The third-order valence-electron chi connectivity index (χ3n) is 2.43. The van der Waals surface area contributed by atoms with Gasteiger partial charge in [0.1, 0.15) is 0 Å². The van der Waals surface area contributed by atoms with E-state index in [1.54, 1.807) is 11.7 Å². The maximum atomic E-state index is 5.89. The molecule has 1 heterocycles. The Labute approximate surface area is 93.5 Å². The number of aryl methyl sites for hydroxylation is 1. The number of nitrogens with zero attached hydrogens (tertiary/aromatic N) is 4. The third kappa shape index (κ3) is 1.95. The fourth-order valence-corrected chi connectivity index (χ4v) is 1.53. The van der Waals surface area contributed by atoms with Crippen LogP contribution in [0.3, 0.4) is 0 Å². The Morgan fingerprint density at radius 1 is 1.38 bits per heavy atom. The Hall–Kier alpha value is -2.11. The molecule has 0 saturated heterocycles. The van der Waals surface area contributed by atoms with Crippen LogP contribution in [0, 0.1) is 0 Å². The smallest absolute Gasteiger partial charge is 0.243 e. The zero-order valence-corrected chi connectivity index (χ0v) is 9.25. The molecule has 1 aromatic heterocycles. The van der Waals surface area contributed by atoms with Gasteiger partial charge in [-0.3, -0.25) is 0 Å². The van der Waals surface area contributed by atoms with Gasteiger partial charge in [-0.15, -0.1) is 0 Å². The summed E-state index contributed by atoms with van der Waals surface area (Å²) in [6.45, 7) is 2.01. The SMILES string of the molecule is CC(Nc1nnnn1C)c1ccccc1N. The first kappa shape index (κ1) is 10.4. The molecule has 0 aliphatic rings. The Morgan fingerprint density at radius 2 is 2.12 bits per heavy atom. The standard InChI is InChI=1S/C10H14N6/c1-7(8-5-3-4-6-9(8)11)12-10-13-14-15-16(10)2/h3-7H,11H2,1-2H3,(H,12,13,15). The van der Waals surface area contributed by atoms with Crippen molar-refractivity contribution in [2.45, 2.75) is 13.0 Å². The van der Waals surface area contributed by atoms with E-state index >= 15 is 0 Å². The van der Waals surface area contributed by atoms with Gasteiger partial charge in [-0.05, 0) is 29.0 Å². The summed E-state index contributed by atoms with van der Waals surface area (Å²) in [7, 11) is 1.78. The van der Waals surface area contributed by atoms with Gasteiger partial charge in [-0.1, -0.05) is 23.3 Å². The Bertz CT molecular complexity index is 478. The summed E-state index contributed by atoms with van der Waals surface area (Å²) in [5, 5.41) is 14.4. The van der Waals surface area contributed by atoms with Crippen molar-refractivity contribution in [3.05, 3.63) is 29.8 Å². The van der Waals surface area contributed by atoms with E-state index in [0.29, 0.717) is 5.95 Å². The quantitative estimate of drug-likeness (QED) is 0.750. The summed E-state index contributed by atoms with van der Waals surface area (Å²) >= 11 is 0. The van der Waals surface area contributed by atoms with Gasteiger partial charge in [0.2, 0.25) is 5.95 Å². The molecule has 3 N–H and O–H groups in total. The zero-order chi connectivity index (χ0) is 11.5. The van der Waals surface area contributed by atoms with Crippen LogP contribution in [-0.4, -0.2) is 20.2 Å². The van der Waals surface area contributed by atoms with Gasteiger partial charge in [0.05, 0.1) is 6.04 Å². The van der Waals surface area contributed by atoms with Crippen molar-refractivity contribution in [1.29, 1.82) is 0 Å². The van der Waals surface area contributed by atoms with Crippen LogP contribution in [0.1, 0.15) is 18.5 Å². The summed E-state index contributed by atoms with van der Waals surface area (Å²) in [6, 6.07) is 7.79. The maximum Gasteiger partial charge on any atom is 0.243 e. The molecule has 0 spiro atoms. The minimum atomic E-state index is 0.0610. The van der Waals surface area contributed by atoms with Gasteiger partial charge >= 0.3 is 0 Å². The molecular weight excluding hydrogens is 204 g/mol. The van der Waals surface area contributed by atoms with Crippen molar-refractivity contribution in [2.75, 3.05) is 11.1 Å². The molecule has 2 aromatic rings. The number of aromatic nitrogens is 4. The molecule has 0 aliphatic carbocycles. The van der Waals surface area contributed by atoms with Gasteiger partial charge in [0.15, 0.2) is 0 Å². The monoisotopic (exact) mass is 218 g/mol. The molecule has 1 aromatic carbocycles. The number of benzene rings is 1. The lowest BCUT2D eigenvalue weighted by Gasteiger charge is -2.15. The highest BCUT2D eigenvalue weighted by atomic mass is 15.6. The highest BCUT2D eigenvalue weighted by molar-refractivity contribution is 5.50. The summed E-state index contributed by atoms with van der Waals surface area (Å²) in [5.74, 6) is 0.621. The van der Waals surface area contributed by atoms with Crippen molar-refractivity contribution in [2.24, 2.45) is 7.05 Å². The molecule has 6 nitrogen and oxygen atoms in total. The van der Waals surface area contributed by atoms with Gasteiger partial charge in [0.25, 0.3) is 0 Å². The van der Waals surface area contributed by atoms with Crippen LogP contribution in [0.25, 0.3) is 0 Å². The normalized spacial score (nSPS) is 12.4. The second-order valence-corrected chi connectivity index (χ2v) is 3.62. The number of anilines is 2. The largest absolute Gasteiger partial charge is 0.398 e. The molecule has 0 bridgehead atoms. The number of tetrazole rings is 1. The van der Waals surface area contributed by atoms with E-state index in [9.17, 15) is 0 Å². The minimum absolute atomic E-state index is 0.0610. The van der Waals surface area contributed by atoms with Gasteiger partial charge in [-0.2, -0.15) is 0 Å². The average Bonchev–Trinajstić information content (AvgIpc) is 2.65. The first-order chi connectivity index (χ1) is 7.68. The highest BCUT2D eigenvalue weighted by Crippen LogP contribution is 2.22. The summed E-state index contributed by atoms with van der Waals surface area (Å²) in [5.41, 5.74) is 7.68. The van der Waals surface area contributed by atoms with Crippen LogP contribution in [0.15, 0.2) is 24.3 Å². The molecule has 6 heteroatoms. The lowest BCUT2D eigenvalue weighted by atomic mass is 10.1. The van der Waals surface area contributed by atoms with Crippen molar-refractivity contribution in [3.63, 3.8) is 0 Å². The summed E-state index contributed by atoms with van der Waals surface area (Å²) in [6.07, 6.45) is 0. The molecular formula is C10H14N6. The number of hydrogen-bond donors (Lipinski definition) is 2. The highest BCUT2D eigenvalue weighted by Gasteiger charge is 2.11. The number of nitrogens with one attached hydrogen (secondary N) is 1. The Kier molecular flexibility index (Phi) is 2.72. The Morgan fingerprint density at radius 3 is 2.75 bits per heavy atom. The van der Waals surface area contributed by atoms with Gasteiger partial charge < -0.3 is 11.1 Å². The van der Waals surface area contributed by atoms with E-state index < -0.39 is 0 Å². The molecule has 84 valence electrons. The van der Waals surface area contributed by atoms with E-state index in [4.69, 9.17) is 5.73 Å². The maximum absolute atomic E-state index is 5.89. The van der Waals surface area contributed by atoms with Crippen LogP contribution < -0.4 is 11.1 Å². The molecule has 2 rings (SSSR count). The molecule has 1 unspecified atom stereocenters. The third-order valence-corrected chi connectivity index (χ3v) is 2.43. The number of hydrogen-bond acceptors (Lipinski definition) is 5. The van der Waals surface area contributed by atoms with Crippen molar-refractivity contribution < 1.29 is 0 Å². The Balaban J connectivity index is 2.18. The molecule has 0 radical (unpaired) electrons. The van der Waals surface area contributed by atoms with E-state index in [0.717, 1.165) is 11.3 Å². The van der Waals surface area contributed by atoms with Crippen LogP contribution >= 0.6 is 0 Å². The first-order valence-electron chi connectivity index (χ1n) is 5.02. The average molecular weight is 218 g/mol. The topological polar surface area (TPSA) is 81.7 Å². The summed E-state index contributed by atoms with van der Waals surface area (Å²) in [4.78, 5) is 0. The van der Waals surface area contributed by atoms with Crippen LogP contribution in [-0.2, 0) is 7.05 Å². The number of para-hydroxylation sites is 1. The molecule has 0 fully saturated rings. The number of nitrogens with two attached hydrogens (primary N) is 1. The lowest BCUT2D eigenvalue weighted by molar-refractivity contribution is 0.706. The van der Waals surface area contributed by atoms with Crippen LogP contribution in [0.2, 0.25) is 0 Å². The second-order valence-electron chi connectivity index (χ2n) is 3.62. The zero-order valence-electron chi connectivity index (χ0n) is 9.25. The summed E-state index contributed by atoms with van der Waals surface area (Å²) < 4.78 is 1.58. The predicted molar refractivity (Wildman–Crippen MR) is 61.7 cm³/mol. The molecule has 0 saturated carbocycles. The van der Waals surface area contributed by atoms with Crippen molar-refractivity contribution in [3.8, 4) is 0 Å². The predicted octanol–water partition coefficient (Wildman–Crippen LogP) is 0.965. The van der Waals surface area contributed by atoms with Gasteiger partial charge in [0, 0.05) is 12.7 Å². The van der Waals surface area contributed by atoms with Crippen LogP contribution in [0.4, 0.5) is 11.6 Å². The van der Waals surface area contributed by atoms with Gasteiger partial charge in [-0.25, -0.2) is 4.68 Å². The lowest BCUT2D eigenvalue weighted by Crippen LogP contribution is -2.12. The van der Waals surface area contributed by atoms with Crippen LogP contribution in [0.5, 0.6) is 0 Å². The number of nitrogen functional groups attached to an aromatic ring is 1. The van der Waals surface area contributed by atoms with Crippen molar-refractivity contribution in [1.82, 2.24) is 20.2 Å². The van der Waals surface area contributed by atoms with E-state index in [1.165, 1.54) is 0 Å². The second kappa shape index (κ2) is 4.18.